The summed E-state index contributed by atoms with van der Waals surface area (Å²) in [5.74, 6) is 3.64. The fraction of sp³-hybridized carbons (Fsp3) is 0.409. The van der Waals surface area contributed by atoms with E-state index in [4.69, 9.17) is 19.2 Å². The number of methoxy groups -OCH3 is 1. The second-order valence-electron chi connectivity index (χ2n) is 6.73. The molecule has 0 aliphatic carbocycles. The van der Waals surface area contributed by atoms with E-state index in [1.165, 1.54) is 11.1 Å². The highest BCUT2D eigenvalue weighted by Gasteiger charge is 2.13. The normalized spacial score (nSPS) is 13.4. The maximum absolute atomic E-state index is 5.47. The Morgan fingerprint density at radius 1 is 1.14 bits per heavy atom. The van der Waals surface area contributed by atoms with Gasteiger partial charge in [0, 0.05) is 25.6 Å². The van der Waals surface area contributed by atoms with Gasteiger partial charge in [0.15, 0.2) is 17.5 Å². The number of guanidine groups is 1. The van der Waals surface area contributed by atoms with E-state index < -0.39 is 0 Å². The van der Waals surface area contributed by atoms with Gasteiger partial charge in [-0.05, 0) is 42.7 Å². The minimum Gasteiger partial charge on any atom is -0.496 e. The van der Waals surface area contributed by atoms with Crippen molar-refractivity contribution in [3.63, 3.8) is 0 Å². The molecule has 1 atom stereocenters. The predicted octanol–water partition coefficient (Wildman–Crippen LogP) is 3.94. The molecule has 2 aromatic carbocycles. The number of nitrogens with one attached hydrogen (secondary N) is 2. The first-order chi connectivity index (χ1) is 13.7. The van der Waals surface area contributed by atoms with E-state index in [-0.39, 0.29) is 29.9 Å². The van der Waals surface area contributed by atoms with E-state index >= 15 is 0 Å². The largest absolute Gasteiger partial charge is 0.496 e. The van der Waals surface area contributed by atoms with Gasteiger partial charge in [0.05, 0.1) is 7.11 Å². The molecule has 0 fully saturated rings. The third-order valence-electron chi connectivity index (χ3n) is 4.68. The van der Waals surface area contributed by atoms with Crippen LogP contribution in [0.1, 0.15) is 30.9 Å². The quantitative estimate of drug-likeness (QED) is 0.320. The first-order valence-electron chi connectivity index (χ1n) is 9.75. The third kappa shape index (κ3) is 6.42. The standard InChI is InChI=1S/C22H29N3O3.HI/c1-4-23-22(25-14-16(2)18-7-5-6-8-19(18)26-3)24-12-11-17-9-10-20-21(13-17)28-15-27-20;/h5-10,13,16H,4,11-12,14-15H2,1-3H3,(H2,23,24,25);1H. The van der Waals surface area contributed by atoms with E-state index in [1.807, 2.05) is 30.3 Å². The lowest BCUT2D eigenvalue weighted by Gasteiger charge is -2.16. The van der Waals surface area contributed by atoms with Crippen LogP contribution in [0.25, 0.3) is 0 Å². The molecule has 3 rings (SSSR count). The van der Waals surface area contributed by atoms with E-state index in [9.17, 15) is 0 Å². The Kier molecular flexibility index (Phi) is 9.37. The Labute approximate surface area is 190 Å². The number of hydrogen-bond donors (Lipinski definition) is 2. The Bertz CT molecular complexity index is 814. The summed E-state index contributed by atoms with van der Waals surface area (Å²) in [6.07, 6.45) is 0.878. The molecule has 0 saturated carbocycles. The van der Waals surface area contributed by atoms with Crippen LogP contribution in [-0.2, 0) is 6.42 Å². The van der Waals surface area contributed by atoms with Crippen LogP contribution in [0.3, 0.4) is 0 Å². The van der Waals surface area contributed by atoms with Crippen LogP contribution in [0.2, 0.25) is 0 Å². The van der Waals surface area contributed by atoms with Crippen molar-refractivity contribution in [1.29, 1.82) is 0 Å². The minimum atomic E-state index is 0. The van der Waals surface area contributed by atoms with Gasteiger partial charge in [0.25, 0.3) is 0 Å². The van der Waals surface area contributed by atoms with Crippen LogP contribution < -0.4 is 24.8 Å². The van der Waals surface area contributed by atoms with Crippen LogP contribution in [0, 0.1) is 0 Å². The lowest BCUT2D eigenvalue weighted by Crippen LogP contribution is -2.38. The highest BCUT2D eigenvalue weighted by Crippen LogP contribution is 2.32. The SMILES string of the molecule is CCNC(=NCC(C)c1ccccc1OC)NCCc1ccc2c(c1)OCO2.I. The molecule has 0 amide bonds. The van der Waals surface area contributed by atoms with Crippen molar-refractivity contribution < 1.29 is 14.2 Å². The smallest absolute Gasteiger partial charge is 0.231 e. The van der Waals surface area contributed by atoms with Gasteiger partial charge in [-0.25, -0.2) is 0 Å². The average Bonchev–Trinajstić information content (AvgIpc) is 3.19. The summed E-state index contributed by atoms with van der Waals surface area (Å²) in [6.45, 7) is 6.82. The van der Waals surface area contributed by atoms with Gasteiger partial charge in [-0.3, -0.25) is 4.99 Å². The van der Waals surface area contributed by atoms with Crippen LogP contribution in [-0.4, -0.2) is 39.5 Å². The topological polar surface area (TPSA) is 64.1 Å². The monoisotopic (exact) mass is 511 g/mol. The van der Waals surface area contributed by atoms with Crippen LogP contribution in [0.4, 0.5) is 0 Å². The Balaban J connectivity index is 0.00000300. The molecule has 7 heteroatoms. The zero-order valence-corrected chi connectivity index (χ0v) is 19.6. The molecule has 1 heterocycles. The molecule has 0 saturated heterocycles. The van der Waals surface area contributed by atoms with Gasteiger partial charge in [-0.1, -0.05) is 31.2 Å². The fourth-order valence-corrected chi connectivity index (χ4v) is 3.16. The van der Waals surface area contributed by atoms with Crippen LogP contribution in [0.15, 0.2) is 47.5 Å². The molecule has 1 aliphatic rings. The summed E-state index contributed by atoms with van der Waals surface area (Å²) in [7, 11) is 1.70. The van der Waals surface area contributed by atoms with Gasteiger partial charge >= 0.3 is 0 Å². The highest BCUT2D eigenvalue weighted by atomic mass is 127. The summed E-state index contributed by atoms with van der Waals surface area (Å²) in [4.78, 5) is 4.75. The molecule has 2 aromatic rings. The summed E-state index contributed by atoms with van der Waals surface area (Å²) >= 11 is 0. The number of nitrogens with zero attached hydrogens (tertiary/aromatic N) is 1. The third-order valence-corrected chi connectivity index (χ3v) is 4.68. The average molecular weight is 511 g/mol. The molecular weight excluding hydrogens is 481 g/mol. The number of fused-ring (bicyclic) bond motifs is 1. The number of ether oxygens (including phenoxy) is 3. The summed E-state index contributed by atoms with van der Waals surface area (Å²) in [6, 6.07) is 14.2. The summed E-state index contributed by atoms with van der Waals surface area (Å²) in [5, 5.41) is 6.72. The maximum Gasteiger partial charge on any atom is 0.231 e. The van der Waals surface area contributed by atoms with E-state index in [1.54, 1.807) is 7.11 Å². The maximum atomic E-state index is 5.47. The van der Waals surface area contributed by atoms with Crippen molar-refractivity contribution in [3.8, 4) is 17.2 Å². The molecule has 0 aromatic heterocycles. The van der Waals surface area contributed by atoms with Crippen LogP contribution in [0.5, 0.6) is 17.2 Å². The van der Waals surface area contributed by atoms with E-state index in [2.05, 4.69) is 36.6 Å². The highest BCUT2D eigenvalue weighted by molar-refractivity contribution is 14.0. The molecule has 158 valence electrons. The molecule has 29 heavy (non-hydrogen) atoms. The Morgan fingerprint density at radius 2 is 1.93 bits per heavy atom. The Hall–Kier alpha value is -2.16. The van der Waals surface area contributed by atoms with Gasteiger partial charge in [-0.15, -0.1) is 24.0 Å². The minimum absolute atomic E-state index is 0. The molecule has 2 N–H and O–H groups in total. The van der Waals surface area contributed by atoms with Gasteiger partial charge < -0.3 is 24.8 Å². The zero-order chi connectivity index (χ0) is 19.8. The van der Waals surface area contributed by atoms with Crippen molar-refractivity contribution in [1.82, 2.24) is 10.6 Å². The summed E-state index contributed by atoms with van der Waals surface area (Å²) in [5.41, 5.74) is 2.37. The number of rotatable bonds is 8. The van der Waals surface area contributed by atoms with Crippen molar-refractivity contribution in [2.45, 2.75) is 26.2 Å². The number of halogens is 1. The summed E-state index contributed by atoms with van der Waals surface area (Å²) < 4.78 is 16.3. The fourth-order valence-electron chi connectivity index (χ4n) is 3.16. The van der Waals surface area contributed by atoms with Crippen molar-refractivity contribution in [2.24, 2.45) is 4.99 Å². The number of aliphatic imine (C=N–C) groups is 1. The first-order valence-corrected chi connectivity index (χ1v) is 9.75. The van der Waals surface area contributed by atoms with E-state index in [0.717, 1.165) is 42.7 Å². The second kappa shape index (κ2) is 11.7. The zero-order valence-electron chi connectivity index (χ0n) is 17.2. The van der Waals surface area contributed by atoms with Crippen molar-refractivity contribution >= 4 is 29.9 Å². The van der Waals surface area contributed by atoms with Crippen LogP contribution >= 0.6 is 24.0 Å². The molecule has 0 radical (unpaired) electrons. The first kappa shape index (κ1) is 23.1. The Morgan fingerprint density at radius 3 is 2.72 bits per heavy atom. The number of hydrogen-bond acceptors (Lipinski definition) is 4. The number of benzene rings is 2. The lowest BCUT2D eigenvalue weighted by molar-refractivity contribution is 0.174. The lowest BCUT2D eigenvalue weighted by atomic mass is 10.0. The predicted molar refractivity (Wildman–Crippen MR) is 127 cm³/mol. The van der Waals surface area contributed by atoms with Gasteiger partial charge in [0.2, 0.25) is 6.79 Å². The van der Waals surface area contributed by atoms with Crippen molar-refractivity contribution in [3.05, 3.63) is 53.6 Å². The molecule has 1 aliphatic heterocycles. The molecule has 1 unspecified atom stereocenters. The van der Waals surface area contributed by atoms with E-state index in [0.29, 0.717) is 13.3 Å². The van der Waals surface area contributed by atoms with Crippen molar-refractivity contribution in [2.75, 3.05) is 33.5 Å². The molecule has 6 nitrogen and oxygen atoms in total. The molecular formula is C22H30IN3O3. The second-order valence-corrected chi connectivity index (χ2v) is 6.73. The molecule has 0 bridgehead atoms. The van der Waals surface area contributed by atoms with Gasteiger partial charge in [0.1, 0.15) is 5.75 Å². The van der Waals surface area contributed by atoms with Gasteiger partial charge in [-0.2, -0.15) is 0 Å². The number of para-hydroxylation sites is 1. The molecule has 0 spiro atoms.